The van der Waals surface area contributed by atoms with Crippen LogP contribution in [0.25, 0.3) is 0 Å². The second-order valence-corrected chi connectivity index (χ2v) is 8.88. The van der Waals surface area contributed by atoms with E-state index in [1.807, 2.05) is 89.2 Å². The van der Waals surface area contributed by atoms with Gasteiger partial charge in [-0.25, -0.2) is 0 Å². The molecule has 0 saturated heterocycles. The Hall–Kier alpha value is -2.82. The minimum absolute atomic E-state index is 0.0316. The number of hydrogen-bond donors (Lipinski definition) is 1. The van der Waals surface area contributed by atoms with Crippen LogP contribution in [0.2, 0.25) is 0 Å². The first kappa shape index (κ1) is 24.4. The molecule has 2 aromatic rings. The Morgan fingerprint density at radius 3 is 2.29 bits per heavy atom. The molecule has 0 spiro atoms. The van der Waals surface area contributed by atoms with Crippen molar-refractivity contribution >= 4 is 11.8 Å². The molecule has 0 aromatic heterocycles. The Bertz CT molecular complexity index is 843. The molecule has 0 aliphatic rings. The molecule has 5 heteroatoms. The number of nitrogens with one attached hydrogen (secondary N) is 1. The third kappa shape index (κ3) is 8.08. The average molecular weight is 425 g/mol. The summed E-state index contributed by atoms with van der Waals surface area (Å²) in [4.78, 5) is 28.0. The number of amides is 2. The maximum Gasteiger partial charge on any atom is 0.243 e. The van der Waals surface area contributed by atoms with Gasteiger partial charge < -0.3 is 15.0 Å². The molecule has 0 bridgehead atoms. The molecule has 2 rings (SSSR count). The zero-order valence-electron chi connectivity index (χ0n) is 19.5. The first-order valence-corrected chi connectivity index (χ1v) is 11.0. The van der Waals surface area contributed by atoms with Crippen LogP contribution in [-0.2, 0) is 16.1 Å². The van der Waals surface area contributed by atoms with Gasteiger partial charge in [0.05, 0.1) is 6.61 Å². The van der Waals surface area contributed by atoms with Crippen LogP contribution in [0, 0.1) is 6.92 Å². The highest BCUT2D eigenvalue weighted by atomic mass is 16.5. The summed E-state index contributed by atoms with van der Waals surface area (Å²) in [6, 6.07) is 17.1. The smallest absolute Gasteiger partial charge is 0.243 e. The van der Waals surface area contributed by atoms with E-state index in [0.717, 1.165) is 16.9 Å². The molecule has 2 amide bonds. The summed E-state index contributed by atoms with van der Waals surface area (Å²) in [6.07, 6.45) is 1.48. The Balaban J connectivity index is 2.10. The maximum absolute atomic E-state index is 13.2. The molecular formula is C26H36N2O3. The first-order chi connectivity index (χ1) is 14.7. The standard InChI is InChI=1S/C26H36N2O3/c1-6-23(25(30)27-26(3,4)5)28(19-21-14-11-10-13-20(21)2)24(29)17-12-18-31-22-15-8-7-9-16-22/h7-11,13-16,23H,6,12,17-19H2,1-5H3,(H,27,30). The number of ether oxygens (including phenoxy) is 1. The van der Waals surface area contributed by atoms with Gasteiger partial charge in [-0.3, -0.25) is 9.59 Å². The molecule has 0 fully saturated rings. The highest BCUT2D eigenvalue weighted by Crippen LogP contribution is 2.18. The summed E-state index contributed by atoms with van der Waals surface area (Å²) in [5.41, 5.74) is 1.81. The maximum atomic E-state index is 13.2. The van der Waals surface area contributed by atoms with Gasteiger partial charge in [-0.2, -0.15) is 0 Å². The number of para-hydroxylation sites is 1. The number of benzene rings is 2. The van der Waals surface area contributed by atoms with Crippen molar-refractivity contribution in [3.05, 3.63) is 65.7 Å². The van der Waals surface area contributed by atoms with E-state index in [1.54, 1.807) is 4.90 Å². The van der Waals surface area contributed by atoms with Crippen LogP contribution in [0.3, 0.4) is 0 Å². The fourth-order valence-electron chi connectivity index (χ4n) is 3.42. The molecule has 0 aliphatic carbocycles. The van der Waals surface area contributed by atoms with Crippen molar-refractivity contribution in [3.8, 4) is 5.75 Å². The quantitative estimate of drug-likeness (QED) is 0.553. The SMILES string of the molecule is CCC(C(=O)NC(C)(C)C)N(Cc1ccccc1C)C(=O)CCCOc1ccccc1. The Kier molecular flexibility index (Phi) is 9.10. The molecular weight excluding hydrogens is 388 g/mol. The van der Waals surface area contributed by atoms with E-state index < -0.39 is 6.04 Å². The molecule has 0 radical (unpaired) electrons. The van der Waals surface area contributed by atoms with Gasteiger partial charge in [-0.1, -0.05) is 49.4 Å². The molecule has 1 N–H and O–H groups in total. The zero-order chi connectivity index (χ0) is 22.9. The van der Waals surface area contributed by atoms with E-state index in [1.165, 1.54) is 0 Å². The van der Waals surface area contributed by atoms with Crippen LogP contribution < -0.4 is 10.1 Å². The molecule has 1 atom stereocenters. The summed E-state index contributed by atoms with van der Waals surface area (Å²) in [6.45, 7) is 10.7. The van der Waals surface area contributed by atoms with Gasteiger partial charge >= 0.3 is 0 Å². The van der Waals surface area contributed by atoms with Crippen molar-refractivity contribution in [3.63, 3.8) is 0 Å². The molecule has 31 heavy (non-hydrogen) atoms. The van der Waals surface area contributed by atoms with Crippen LogP contribution in [0.1, 0.15) is 58.1 Å². The lowest BCUT2D eigenvalue weighted by atomic mass is 10.0. The molecule has 0 heterocycles. The normalized spacial score (nSPS) is 12.2. The largest absolute Gasteiger partial charge is 0.494 e. The van der Waals surface area contributed by atoms with Gasteiger partial charge in [-0.05, 0) is 63.8 Å². The summed E-state index contributed by atoms with van der Waals surface area (Å²) in [7, 11) is 0. The van der Waals surface area contributed by atoms with Crippen molar-refractivity contribution in [2.24, 2.45) is 0 Å². The lowest BCUT2D eigenvalue weighted by Gasteiger charge is -2.33. The number of rotatable bonds is 10. The van der Waals surface area contributed by atoms with E-state index in [4.69, 9.17) is 4.74 Å². The predicted molar refractivity (Wildman–Crippen MR) is 125 cm³/mol. The fourth-order valence-corrected chi connectivity index (χ4v) is 3.42. The van der Waals surface area contributed by atoms with Gasteiger partial charge in [0.2, 0.25) is 11.8 Å². The van der Waals surface area contributed by atoms with Crippen molar-refractivity contribution < 1.29 is 14.3 Å². The van der Waals surface area contributed by atoms with Crippen molar-refractivity contribution in [2.75, 3.05) is 6.61 Å². The lowest BCUT2D eigenvalue weighted by molar-refractivity contribution is -0.142. The predicted octanol–water partition coefficient (Wildman–Crippen LogP) is 4.88. The van der Waals surface area contributed by atoms with Crippen molar-refractivity contribution in [1.82, 2.24) is 10.2 Å². The summed E-state index contributed by atoms with van der Waals surface area (Å²) >= 11 is 0. The third-order valence-corrected chi connectivity index (χ3v) is 5.03. The number of carbonyl (C=O) groups excluding carboxylic acids is 2. The van der Waals surface area contributed by atoms with E-state index in [2.05, 4.69) is 5.32 Å². The zero-order valence-corrected chi connectivity index (χ0v) is 19.5. The van der Waals surface area contributed by atoms with Crippen LogP contribution in [0.4, 0.5) is 0 Å². The van der Waals surface area contributed by atoms with Crippen LogP contribution in [0.5, 0.6) is 5.75 Å². The fraction of sp³-hybridized carbons (Fsp3) is 0.462. The summed E-state index contributed by atoms with van der Waals surface area (Å²) < 4.78 is 5.72. The molecule has 0 aliphatic heterocycles. The second-order valence-electron chi connectivity index (χ2n) is 8.88. The van der Waals surface area contributed by atoms with E-state index in [-0.39, 0.29) is 17.4 Å². The highest BCUT2D eigenvalue weighted by Gasteiger charge is 2.30. The molecule has 0 saturated carbocycles. The number of nitrogens with zero attached hydrogens (tertiary/aromatic N) is 1. The second kappa shape index (κ2) is 11.5. The summed E-state index contributed by atoms with van der Waals surface area (Å²) in [5.74, 6) is 0.649. The minimum Gasteiger partial charge on any atom is -0.494 e. The van der Waals surface area contributed by atoms with E-state index in [9.17, 15) is 9.59 Å². The van der Waals surface area contributed by atoms with E-state index in [0.29, 0.717) is 32.4 Å². The highest BCUT2D eigenvalue weighted by molar-refractivity contribution is 5.88. The molecule has 168 valence electrons. The average Bonchev–Trinajstić information content (AvgIpc) is 2.71. The van der Waals surface area contributed by atoms with Crippen molar-refractivity contribution in [1.29, 1.82) is 0 Å². The van der Waals surface area contributed by atoms with Crippen molar-refractivity contribution in [2.45, 2.75) is 72.0 Å². The first-order valence-electron chi connectivity index (χ1n) is 11.0. The Morgan fingerprint density at radius 1 is 1.03 bits per heavy atom. The van der Waals surface area contributed by atoms with Crippen LogP contribution in [-0.4, -0.2) is 34.9 Å². The number of aryl methyl sites for hydroxylation is 1. The minimum atomic E-state index is -0.513. The Morgan fingerprint density at radius 2 is 1.68 bits per heavy atom. The van der Waals surface area contributed by atoms with Gasteiger partial charge in [0.1, 0.15) is 11.8 Å². The molecule has 5 nitrogen and oxygen atoms in total. The van der Waals surface area contributed by atoms with Gasteiger partial charge in [0.15, 0.2) is 0 Å². The number of hydrogen-bond acceptors (Lipinski definition) is 3. The summed E-state index contributed by atoms with van der Waals surface area (Å²) in [5, 5.41) is 3.04. The van der Waals surface area contributed by atoms with Crippen LogP contribution in [0.15, 0.2) is 54.6 Å². The lowest BCUT2D eigenvalue weighted by Crippen LogP contribution is -2.53. The monoisotopic (exact) mass is 424 g/mol. The van der Waals surface area contributed by atoms with Gasteiger partial charge in [0, 0.05) is 18.5 Å². The van der Waals surface area contributed by atoms with E-state index >= 15 is 0 Å². The van der Waals surface area contributed by atoms with Gasteiger partial charge in [0.25, 0.3) is 0 Å². The topological polar surface area (TPSA) is 58.6 Å². The molecule has 1 unspecified atom stereocenters. The molecule has 2 aromatic carbocycles. The van der Waals surface area contributed by atoms with Gasteiger partial charge in [-0.15, -0.1) is 0 Å². The number of carbonyl (C=O) groups is 2. The Labute approximate surface area is 186 Å². The third-order valence-electron chi connectivity index (χ3n) is 5.03. The van der Waals surface area contributed by atoms with Crippen LogP contribution >= 0.6 is 0 Å².